The summed E-state index contributed by atoms with van der Waals surface area (Å²) in [6, 6.07) is 10.1. The molecule has 1 atom stereocenters. The second kappa shape index (κ2) is 7.81. The highest BCUT2D eigenvalue weighted by atomic mass is 35.5. The quantitative estimate of drug-likeness (QED) is 0.775. The molecule has 0 saturated carbocycles. The Morgan fingerprint density at radius 2 is 2.11 bits per heavy atom. The van der Waals surface area contributed by atoms with E-state index in [4.69, 9.17) is 11.6 Å². The summed E-state index contributed by atoms with van der Waals surface area (Å²) in [4.78, 5) is 14.4. The van der Waals surface area contributed by atoms with E-state index >= 15 is 0 Å². The van der Waals surface area contributed by atoms with E-state index in [2.05, 4.69) is 12.1 Å². The Labute approximate surface area is 124 Å². The summed E-state index contributed by atoms with van der Waals surface area (Å²) in [6.45, 7) is 1.30. The van der Waals surface area contributed by atoms with Crippen LogP contribution in [0.2, 0.25) is 0 Å². The fraction of sp³-hybridized carbons (Fsp3) is 0.533. The molecule has 0 bridgehead atoms. The van der Waals surface area contributed by atoms with Crippen molar-refractivity contribution in [2.24, 2.45) is 0 Å². The number of rotatable bonds is 5. The molecule has 0 aliphatic carbocycles. The Bertz CT molecular complexity index is 392. The van der Waals surface area contributed by atoms with Crippen LogP contribution in [-0.2, 0) is 11.3 Å². The predicted molar refractivity (Wildman–Crippen MR) is 82.7 cm³/mol. The van der Waals surface area contributed by atoms with Crippen molar-refractivity contribution < 1.29 is 4.79 Å². The van der Waals surface area contributed by atoms with Gasteiger partial charge in [0.15, 0.2) is 0 Å². The number of alkyl halides is 1. The van der Waals surface area contributed by atoms with Crippen LogP contribution in [0.15, 0.2) is 30.3 Å². The third kappa shape index (κ3) is 4.43. The molecule has 19 heavy (non-hydrogen) atoms. The van der Waals surface area contributed by atoms with Gasteiger partial charge in [-0.2, -0.15) is 0 Å². The fourth-order valence-corrected chi connectivity index (χ4v) is 3.80. The summed E-state index contributed by atoms with van der Waals surface area (Å²) in [7, 11) is 0. The zero-order chi connectivity index (χ0) is 13.5. The highest BCUT2D eigenvalue weighted by molar-refractivity contribution is 8.00. The van der Waals surface area contributed by atoms with Gasteiger partial charge in [0, 0.05) is 19.0 Å². The first kappa shape index (κ1) is 14.7. The van der Waals surface area contributed by atoms with Crippen molar-refractivity contribution in [3.63, 3.8) is 0 Å². The number of amides is 1. The van der Waals surface area contributed by atoms with Crippen LogP contribution in [0, 0.1) is 0 Å². The van der Waals surface area contributed by atoms with Gasteiger partial charge < -0.3 is 4.90 Å². The van der Waals surface area contributed by atoms with E-state index in [0.717, 1.165) is 12.2 Å². The third-order valence-electron chi connectivity index (χ3n) is 3.34. The number of carbonyl (C=O) groups is 1. The highest BCUT2D eigenvalue weighted by Gasteiger charge is 2.26. The molecule has 1 fully saturated rings. The summed E-state index contributed by atoms with van der Waals surface area (Å²) >= 11 is 7.65. The van der Waals surface area contributed by atoms with E-state index in [1.807, 2.05) is 23.1 Å². The van der Waals surface area contributed by atoms with Crippen molar-refractivity contribution >= 4 is 29.3 Å². The van der Waals surface area contributed by atoms with Crippen LogP contribution < -0.4 is 0 Å². The van der Waals surface area contributed by atoms with Crippen LogP contribution in [0.5, 0.6) is 0 Å². The summed E-state index contributed by atoms with van der Waals surface area (Å²) in [5.74, 6) is 1.86. The van der Waals surface area contributed by atoms with Crippen LogP contribution in [0.25, 0.3) is 0 Å². The monoisotopic (exact) mass is 297 g/mol. The van der Waals surface area contributed by atoms with E-state index in [1.54, 1.807) is 11.8 Å². The van der Waals surface area contributed by atoms with E-state index in [0.29, 0.717) is 19.0 Å². The van der Waals surface area contributed by atoms with Gasteiger partial charge in [0.2, 0.25) is 5.91 Å². The average Bonchev–Trinajstić information content (AvgIpc) is 2.48. The number of benzene rings is 1. The molecule has 0 aromatic heterocycles. The fourth-order valence-electron chi connectivity index (χ4n) is 2.31. The number of halogens is 1. The van der Waals surface area contributed by atoms with Gasteiger partial charge in [0.1, 0.15) is 0 Å². The molecular weight excluding hydrogens is 278 g/mol. The molecule has 2 nitrogen and oxygen atoms in total. The molecular formula is C15H20ClNOS. The SMILES string of the molecule is O=C(C1CCCCS1)N(CCCl)Cc1ccccc1. The van der Waals surface area contributed by atoms with Crippen molar-refractivity contribution in [1.82, 2.24) is 4.90 Å². The molecule has 104 valence electrons. The Morgan fingerprint density at radius 3 is 2.74 bits per heavy atom. The van der Waals surface area contributed by atoms with Crippen LogP contribution in [-0.4, -0.2) is 34.2 Å². The second-order valence-electron chi connectivity index (χ2n) is 4.79. The predicted octanol–water partition coefficient (Wildman–Crippen LogP) is 3.54. The largest absolute Gasteiger partial charge is 0.336 e. The first-order chi connectivity index (χ1) is 9.31. The van der Waals surface area contributed by atoms with Gasteiger partial charge in [-0.25, -0.2) is 0 Å². The van der Waals surface area contributed by atoms with Crippen LogP contribution in [0.4, 0.5) is 0 Å². The first-order valence-electron chi connectivity index (χ1n) is 6.81. The molecule has 1 amide bonds. The van der Waals surface area contributed by atoms with Gasteiger partial charge in [-0.1, -0.05) is 36.8 Å². The van der Waals surface area contributed by atoms with E-state index < -0.39 is 0 Å². The molecule has 1 unspecified atom stereocenters. The number of nitrogens with zero attached hydrogens (tertiary/aromatic N) is 1. The maximum atomic E-state index is 12.5. The Kier molecular flexibility index (Phi) is 6.05. The summed E-state index contributed by atoms with van der Waals surface area (Å²) in [6.07, 6.45) is 3.42. The van der Waals surface area contributed by atoms with Crippen LogP contribution in [0.3, 0.4) is 0 Å². The summed E-state index contributed by atoms with van der Waals surface area (Å²) in [5.41, 5.74) is 1.17. The van der Waals surface area contributed by atoms with Crippen LogP contribution in [0.1, 0.15) is 24.8 Å². The lowest BCUT2D eigenvalue weighted by Gasteiger charge is -2.28. The topological polar surface area (TPSA) is 20.3 Å². The smallest absolute Gasteiger partial charge is 0.236 e. The molecule has 1 aromatic carbocycles. The summed E-state index contributed by atoms with van der Waals surface area (Å²) in [5, 5.41) is 0.140. The molecule has 2 rings (SSSR count). The van der Waals surface area contributed by atoms with Gasteiger partial charge >= 0.3 is 0 Å². The van der Waals surface area contributed by atoms with E-state index in [-0.39, 0.29) is 11.2 Å². The Balaban J connectivity index is 2.00. The Hall–Kier alpha value is -0.670. The van der Waals surface area contributed by atoms with Gasteiger partial charge in [-0.05, 0) is 24.2 Å². The van der Waals surface area contributed by atoms with Crippen molar-refractivity contribution in [3.8, 4) is 0 Å². The van der Waals surface area contributed by atoms with Crippen molar-refractivity contribution in [2.75, 3.05) is 18.2 Å². The highest BCUT2D eigenvalue weighted by Crippen LogP contribution is 2.27. The molecule has 1 heterocycles. The van der Waals surface area contributed by atoms with Crippen molar-refractivity contribution in [2.45, 2.75) is 31.1 Å². The number of thioether (sulfide) groups is 1. The molecule has 0 N–H and O–H groups in total. The van der Waals surface area contributed by atoms with Crippen molar-refractivity contribution in [1.29, 1.82) is 0 Å². The molecule has 1 aliphatic heterocycles. The van der Waals surface area contributed by atoms with Crippen molar-refractivity contribution in [3.05, 3.63) is 35.9 Å². The summed E-state index contributed by atoms with van der Waals surface area (Å²) < 4.78 is 0. The van der Waals surface area contributed by atoms with Gasteiger partial charge in [0.05, 0.1) is 5.25 Å². The van der Waals surface area contributed by atoms with Gasteiger partial charge in [0.25, 0.3) is 0 Å². The molecule has 1 saturated heterocycles. The number of hydrogen-bond donors (Lipinski definition) is 0. The minimum Gasteiger partial charge on any atom is -0.336 e. The standard InChI is InChI=1S/C15H20ClNOS/c16-9-10-17(12-13-6-2-1-3-7-13)15(18)14-8-4-5-11-19-14/h1-3,6-7,14H,4-5,8-12H2. The van der Waals surface area contributed by atoms with E-state index in [1.165, 1.54) is 18.4 Å². The molecule has 1 aromatic rings. The minimum atomic E-state index is 0.140. The maximum absolute atomic E-state index is 12.5. The van der Waals surface area contributed by atoms with Gasteiger partial charge in [-0.3, -0.25) is 4.79 Å². The number of hydrogen-bond acceptors (Lipinski definition) is 2. The first-order valence-corrected chi connectivity index (χ1v) is 8.40. The lowest BCUT2D eigenvalue weighted by molar-refractivity contribution is -0.131. The van der Waals surface area contributed by atoms with Gasteiger partial charge in [-0.15, -0.1) is 23.4 Å². The average molecular weight is 298 g/mol. The second-order valence-corrected chi connectivity index (χ2v) is 6.48. The van der Waals surface area contributed by atoms with E-state index in [9.17, 15) is 4.79 Å². The Morgan fingerprint density at radius 1 is 1.32 bits per heavy atom. The molecule has 0 spiro atoms. The number of carbonyl (C=O) groups excluding carboxylic acids is 1. The lowest BCUT2D eigenvalue weighted by atomic mass is 10.1. The molecule has 1 aliphatic rings. The zero-order valence-electron chi connectivity index (χ0n) is 11.1. The zero-order valence-corrected chi connectivity index (χ0v) is 12.6. The normalized spacial score (nSPS) is 19.1. The molecule has 4 heteroatoms. The minimum absolute atomic E-state index is 0.140. The third-order valence-corrected chi connectivity index (χ3v) is 4.87. The lowest BCUT2D eigenvalue weighted by Crippen LogP contribution is -2.39. The maximum Gasteiger partial charge on any atom is 0.236 e. The molecule has 0 radical (unpaired) electrons. The van der Waals surface area contributed by atoms with Crippen LogP contribution >= 0.6 is 23.4 Å².